The molecule has 0 radical (unpaired) electrons. The van der Waals surface area contributed by atoms with Gasteiger partial charge in [0, 0.05) is 42.7 Å². The van der Waals surface area contributed by atoms with Crippen molar-refractivity contribution < 1.29 is 4.79 Å². The van der Waals surface area contributed by atoms with Crippen LogP contribution in [0.5, 0.6) is 0 Å². The van der Waals surface area contributed by atoms with Crippen LogP contribution in [-0.2, 0) is 5.75 Å². The lowest BCUT2D eigenvalue weighted by Gasteiger charge is -2.18. The third-order valence-corrected chi connectivity index (χ3v) is 5.57. The average molecular weight is 385 g/mol. The van der Waals surface area contributed by atoms with Crippen molar-refractivity contribution in [3.63, 3.8) is 0 Å². The molecule has 2 aromatic rings. The summed E-state index contributed by atoms with van der Waals surface area (Å²) < 4.78 is 0. The summed E-state index contributed by atoms with van der Waals surface area (Å²) in [6.45, 7) is 9.07. The van der Waals surface area contributed by atoms with Crippen molar-refractivity contribution in [2.45, 2.75) is 50.4 Å². The molecule has 144 valence electrons. The molecule has 1 amide bonds. The molecule has 1 fully saturated rings. The van der Waals surface area contributed by atoms with Crippen LogP contribution in [0.15, 0.2) is 35.5 Å². The second-order valence-corrected chi connectivity index (χ2v) is 8.07. The van der Waals surface area contributed by atoms with Crippen molar-refractivity contribution in [1.82, 2.24) is 15.3 Å². The lowest BCUT2D eigenvalue weighted by molar-refractivity contribution is 0.0956. The maximum atomic E-state index is 11.9. The van der Waals surface area contributed by atoms with E-state index in [-0.39, 0.29) is 5.91 Å². The predicted molar refractivity (Wildman–Crippen MR) is 112 cm³/mol. The van der Waals surface area contributed by atoms with Gasteiger partial charge in [-0.3, -0.25) is 4.79 Å². The monoisotopic (exact) mass is 384 g/mol. The van der Waals surface area contributed by atoms with Crippen molar-refractivity contribution in [3.8, 4) is 0 Å². The van der Waals surface area contributed by atoms with Crippen LogP contribution in [-0.4, -0.2) is 35.5 Å². The molecule has 1 aromatic heterocycles. The van der Waals surface area contributed by atoms with Gasteiger partial charge in [0.2, 0.25) is 0 Å². The number of nitrogens with zero attached hydrogens (tertiary/aromatic N) is 3. The molecule has 1 aliphatic rings. The number of carbonyl (C=O) groups is 1. The zero-order chi connectivity index (χ0) is 19.2. The minimum atomic E-state index is -0.0278. The first-order valence-electron chi connectivity index (χ1n) is 9.70. The van der Waals surface area contributed by atoms with Gasteiger partial charge in [0.05, 0.1) is 0 Å². The van der Waals surface area contributed by atoms with Crippen LogP contribution in [0, 0.1) is 0 Å². The molecule has 0 spiro atoms. The van der Waals surface area contributed by atoms with E-state index in [0.29, 0.717) is 18.0 Å². The number of rotatable bonds is 7. The van der Waals surface area contributed by atoms with E-state index >= 15 is 0 Å². The topological polar surface area (TPSA) is 58.1 Å². The Morgan fingerprint density at radius 3 is 2.52 bits per heavy atom. The molecule has 6 heteroatoms. The van der Waals surface area contributed by atoms with Crippen LogP contribution >= 0.6 is 11.8 Å². The average Bonchev–Trinajstić information content (AvgIpc) is 3.21. The van der Waals surface area contributed by atoms with E-state index in [2.05, 4.69) is 30.1 Å². The molecular weight excluding hydrogens is 356 g/mol. The molecule has 1 saturated heterocycles. The maximum Gasteiger partial charge on any atom is 0.251 e. The molecule has 0 bridgehead atoms. The lowest BCUT2D eigenvalue weighted by Crippen LogP contribution is -2.22. The summed E-state index contributed by atoms with van der Waals surface area (Å²) in [6.07, 6.45) is 2.48. The Morgan fingerprint density at radius 2 is 1.89 bits per heavy atom. The summed E-state index contributed by atoms with van der Waals surface area (Å²) in [5.41, 5.74) is 2.95. The van der Waals surface area contributed by atoms with Gasteiger partial charge in [-0.2, -0.15) is 0 Å². The molecule has 0 saturated carbocycles. The molecular formula is C21H28N4OS. The fourth-order valence-electron chi connectivity index (χ4n) is 3.06. The van der Waals surface area contributed by atoms with Gasteiger partial charge in [-0.25, -0.2) is 9.97 Å². The van der Waals surface area contributed by atoms with Gasteiger partial charge in [0.1, 0.15) is 5.82 Å². The van der Waals surface area contributed by atoms with E-state index in [1.54, 1.807) is 11.8 Å². The van der Waals surface area contributed by atoms with Crippen LogP contribution in [0.1, 0.15) is 61.1 Å². The van der Waals surface area contributed by atoms with E-state index in [0.717, 1.165) is 41.1 Å². The van der Waals surface area contributed by atoms with Crippen LogP contribution in [0.4, 0.5) is 5.82 Å². The highest BCUT2D eigenvalue weighted by Gasteiger charge is 2.17. The van der Waals surface area contributed by atoms with Crippen molar-refractivity contribution in [2.75, 3.05) is 24.5 Å². The smallest absolute Gasteiger partial charge is 0.251 e. The first-order chi connectivity index (χ1) is 13.1. The van der Waals surface area contributed by atoms with Gasteiger partial charge in [0.25, 0.3) is 5.91 Å². The van der Waals surface area contributed by atoms with Crippen LogP contribution < -0.4 is 10.2 Å². The van der Waals surface area contributed by atoms with Crippen molar-refractivity contribution >= 4 is 23.5 Å². The number of amides is 1. The van der Waals surface area contributed by atoms with Crippen molar-refractivity contribution in [3.05, 3.63) is 47.2 Å². The SMILES string of the molecule is CCNC(=O)c1ccc(CSc2nc(C(C)C)cc(N3CCCC3)n2)cc1. The van der Waals surface area contributed by atoms with E-state index in [9.17, 15) is 4.79 Å². The molecule has 0 atom stereocenters. The highest BCUT2D eigenvalue weighted by Crippen LogP contribution is 2.27. The summed E-state index contributed by atoms with van der Waals surface area (Å²) in [5.74, 6) is 2.20. The summed E-state index contributed by atoms with van der Waals surface area (Å²) >= 11 is 1.65. The van der Waals surface area contributed by atoms with Gasteiger partial charge in [0.15, 0.2) is 5.16 Å². The maximum absolute atomic E-state index is 11.9. The second-order valence-electron chi connectivity index (χ2n) is 7.13. The zero-order valence-corrected chi connectivity index (χ0v) is 17.2. The Hall–Kier alpha value is -2.08. The number of benzene rings is 1. The number of thioether (sulfide) groups is 1. The molecule has 5 nitrogen and oxygen atoms in total. The standard InChI is InChI=1S/C21H28N4OS/c1-4-22-20(26)17-9-7-16(8-10-17)14-27-21-23-18(15(2)3)13-19(24-21)25-11-5-6-12-25/h7-10,13,15H,4-6,11-12,14H2,1-3H3,(H,22,26). The third-order valence-electron chi connectivity index (χ3n) is 4.65. The van der Waals surface area contributed by atoms with Crippen LogP contribution in [0.3, 0.4) is 0 Å². The molecule has 3 rings (SSSR count). The number of carbonyl (C=O) groups excluding carboxylic acids is 1. The number of anilines is 1. The zero-order valence-electron chi connectivity index (χ0n) is 16.4. The largest absolute Gasteiger partial charge is 0.356 e. The highest BCUT2D eigenvalue weighted by molar-refractivity contribution is 7.98. The summed E-state index contributed by atoms with van der Waals surface area (Å²) in [6, 6.07) is 9.90. The minimum absolute atomic E-state index is 0.0278. The number of nitrogens with one attached hydrogen (secondary N) is 1. The Labute approximate surface area is 166 Å². The van der Waals surface area contributed by atoms with E-state index in [1.165, 1.54) is 12.8 Å². The van der Waals surface area contributed by atoms with Crippen molar-refractivity contribution in [1.29, 1.82) is 0 Å². The summed E-state index contributed by atoms with van der Waals surface area (Å²) in [5, 5.41) is 3.65. The summed E-state index contributed by atoms with van der Waals surface area (Å²) in [4.78, 5) is 23.8. The molecule has 1 aromatic carbocycles. The van der Waals surface area contributed by atoms with Crippen LogP contribution in [0.25, 0.3) is 0 Å². The normalized spacial score (nSPS) is 14.0. The molecule has 27 heavy (non-hydrogen) atoms. The highest BCUT2D eigenvalue weighted by atomic mass is 32.2. The third kappa shape index (κ3) is 5.22. The Morgan fingerprint density at radius 1 is 1.19 bits per heavy atom. The van der Waals surface area contributed by atoms with E-state index in [4.69, 9.17) is 9.97 Å². The van der Waals surface area contributed by atoms with Gasteiger partial charge < -0.3 is 10.2 Å². The Bertz CT molecular complexity index is 770. The molecule has 0 unspecified atom stereocenters. The van der Waals surface area contributed by atoms with Crippen molar-refractivity contribution in [2.24, 2.45) is 0 Å². The second kappa shape index (κ2) is 9.22. The number of hydrogen-bond acceptors (Lipinski definition) is 5. The predicted octanol–water partition coefficient (Wildman–Crippen LogP) is 4.24. The van der Waals surface area contributed by atoms with E-state index < -0.39 is 0 Å². The van der Waals surface area contributed by atoms with Gasteiger partial charge in [-0.05, 0) is 43.4 Å². The quantitative estimate of drug-likeness (QED) is 0.571. The fraction of sp³-hybridized carbons (Fsp3) is 0.476. The Balaban J connectivity index is 1.70. The lowest BCUT2D eigenvalue weighted by atomic mass is 10.1. The first-order valence-corrected chi connectivity index (χ1v) is 10.7. The fourth-order valence-corrected chi connectivity index (χ4v) is 3.88. The van der Waals surface area contributed by atoms with Crippen LogP contribution in [0.2, 0.25) is 0 Å². The molecule has 1 aliphatic heterocycles. The number of aromatic nitrogens is 2. The minimum Gasteiger partial charge on any atom is -0.356 e. The summed E-state index contributed by atoms with van der Waals surface area (Å²) in [7, 11) is 0. The molecule has 0 aliphatic carbocycles. The number of hydrogen-bond donors (Lipinski definition) is 1. The molecule has 2 heterocycles. The van der Waals surface area contributed by atoms with Gasteiger partial charge in [-0.15, -0.1) is 0 Å². The van der Waals surface area contributed by atoms with Gasteiger partial charge in [-0.1, -0.05) is 37.7 Å². The first kappa shape index (κ1) is 19.7. The van der Waals surface area contributed by atoms with Gasteiger partial charge >= 0.3 is 0 Å². The van der Waals surface area contributed by atoms with E-state index in [1.807, 2.05) is 31.2 Å². The molecule has 1 N–H and O–H groups in total. The Kier molecular flexibility index (Phi) is 6.72.